The summed E-state index contributed by atoms with van der Waals surface area (Å²) in [7, 11) is 0. The summed E-state index contributed by atoms with van der Waals surface area (Å²) in [6, 6.07) is 14.8. The number of alkyl halides is 3. The lowest BCUT2D eigenvalue weighted by atomic mass is 9.70. The van der Waals surface area contributed by atoms with E-state index in [1.165, 1.54) is 6.07 Å². The van der Waals surface area contributed by atoms with Crippen LogP contribution in [0.2, 0.25) is 0 Å². The number of benzene rings is 2. The lowest BCUT2D eigenvalue weighted by Gasteiger charge is -2.42. The second-order valence-corrected chi connectivity index (χ2v) is 8.30. The van der Waals surface area contributed by atoms with E-state index in [-0.39, 0.29) is 12.2 Å². The van der Waals surface area contributed by atoms with Gasteiger partial charge in [-0.05, 0) is 37.1 Å². The summed E-state index contributed by atoms with van der Waals surface area (Å²) in [5, 5.41) is 14.2. The minimum absolute atomic E-state index is 0.283. The summed E-state index contributed by atoms with van der Waals surface area (Å²) in [4.78, 5) is 14.2. The molecule has 0 spiro atoms. The molecule has 0 bridgehead atoms. The smallest absolute Gasteiger partial charge is 0.418 e. The van der Waals surface area contributed by atoms with E-state index in [0.717, 1.165) is 0 Å². The number of H-pyrrole nitrogens is 1. The van der Waals surface area contributed by atoms with Gasteiger partial charge < -0.3 is 20.1 Å². The van der Waals surface area contributed by atoms with Gasteiger partial charge in [0.1, 0.15) is 5.75 Å². The molecule has 5 nitrogen and oxygen atoms in total. The van der Waals surface area contributed by atoms with E-state index in [2.05, 4.69) is 10.3 Å². The summed E-state index contributed by atoms with van der Waals surface area (Å²) in [5.74, 6) is 0.548. The highest BCUT2D eigenvalue weighted by Crippen LogP contribution is 2.47. The molecule has 0 saturated carbocycles. The number of aromatic nitrogens is 1. The first-order valence-electron chi connectivity index (χ1n) is 9.99. The molecule has 1 aliphatic rings. The van der Waals surface area contributed by atoms with Crippen molar-refractivity contribution < 1.29 is 23.0 Å². The van der Waals surface area contributed by atoms with Gasteiger partial charge in [0.2, 0.25) is 5.56 Å². The second kappa shape index (κ2) is 7.60. The number of fused-ring (bicyclic) bond motifs is 2. The van der Waals surface area contributed by atoms with Gasteiger partial charge in [0.15, 0.2) is 5.60 Å². The highest BCUT2D eigenvalue weighted by molar-refractivity contribution is 5.91. The summed E-state index contributed by atoms with van der Waals surface area (Å²) >= 11 is 0. The van der Waals surface area contributed by atoms with Crippen molar-refractivity contribution in [2.24, 2.45) is 0 Å². The topological polar surface area (TPSA) is 74.4 Å². The maximum Gasteiger partial charge on any atom is 0.418 e. The van der Waals surface area contributed by atoms with Crippen LogP contribution in [0.15, 0.2) is 59.4 Å². The van der Waals surface area contributed by atoms with E-state index in [0.29, 0.717) is 34.3 Å². The summed E-state index contributed by atoms with van der Waals surface area (Å²) in [6.07, 6.45) is -5.01. The zero-order valence-corrected chi connectivity index (χ0v) is 16.9. The van der Waals surface area contributed by atoms with Gasteiger partial charge in [0.25, 0.3) is 0 Å². The Kier molecular flexibility index (Phi) is 5.21. The number of ether oxygens (including phenoxy) is 1. The lowest BCUT2D eigenvalue weighted by molar-refractivity contribution is -0.261. The zero-order chi connectivity index (χ0) is 22.3. The molecule has 0 aliphatic carbocycles. The molecule has 164 valence electrons. The Bertz CT molecular complexity index is 1160. The third kappa shape index (κ3) is 3.99. The quantitative estimate of drug-likeness (QED) is 0.560. The number of pyridine rings is 1. The summed E-state index contributed by atoms with van der Waals surface area (Å²) in [5.41, 5.74) is -2.64. The Morgan fingerprint density at radius 3 is 2.68 bits per heavy atom. The second-order valence-electron chi connectivity index (χ2n) is 8.30. The molecule has 2 unspecified atom stereocenters. The van der Waals surface area contributed by atoms with Gasteiger partial charge in [-0.3, -0.25) is 4.79 Å². The van der Waals surface area contributed by atoms with Crippen molar-refractivity contribution in [3.63, 3.8) is 0 Å². The van der Waals surface area contributed by atoms with Crippen LogP contribution in [0.3, 0.4) is 0 Å². The van der Waals surface area contributed by atoms with Crippen LogP contribution >= 0.6 is 0 Å². The number of aromatic amines is 1. The first-order valence-corrected chi connectivity index (χ1v) is 9.99. The Hall–Kier alpha value is -3.00. The zero-order valence-electron chi connectivity index (χ0n) is 16.9. The predicted octanol–water partition coefficient (Wildman–Crippen LogP) is 4.36. The van der Waals surface area contributed by atoms with Crippen LogP contribution in [0.4, 0.5) is 18.9 Å². The molecule has 4 rings (SSSR count). The Morgan fingerprint density at radius 1 is 1.13 bits per heavy atom. The number of hydrogen-bond acceptors (Lipinski definition) is 4. The molecule has 1 aromatic heterocycles. The molecule has 0 fully saturated rings. The number of anilines is 1. The van der Waals surface area contributed by atoms with Crippen molar-refractivity contribution in [3.8, 4) is 5.75 Å². The van der Waals surface area contributed by atoms with E-state index < -0.39 is 30.2 Å². The van der Waals surface area contributed by atoms with E-state index in [1.807, 2.05) is 0 Å². The lowest BCUT2D eigenvalue weighted by Crippen LogP contribution is -2.54. The first-order chi connectivity index (χ1) is 14.6. The minimum Gasteiger partial charge on any atom is -0.493 e. The molecule has 0 saturated heterocycles. The average Bonchev–Trinajstić information content (AvgIpc) is 2.71. The molecule has 0 amide bonds. The van der Waals surface area contributed by atoms with Crippen molar-refractivity contribution in [2.45, 2.75) is 37.0 Å². The van der Waals surface area contributed by atoms with Crippen LogP contribution in [0.5, 0.6) is 5.75 Å². The number of halogens is 3. The summed E-state index contributed by atoms with van der Waals surface area (Å²) < 4.78 is 47.9. The standard InChI is InChI=1S/C23H23F3N2O3/c1-21(11-12-31-19-8-3-2-5-16(19)21)13-22(30,23(24,25)26)14-27-17-6-4-7-18-15(17)9-10-20(29)28-18/h2-10,27,30H,11-14H2,1H3,(H,28,29). The number of aliphatic hydroxyl groups is 1. The van der Waals surface area contributed by atoms with E-state index >= 15 is 0 Å². The third-order valence-corrected chi connectivity index (χ3v) is 6.00. The van der Waals surface area contributed by atoms with Crippen molar-refractivity contribution in [1.82, 2.24) is 4.98 Å². The van der Waals surface area contributed by atoms with Crippen LogP contribution in [0.25, 0.3) is 10.9 Å². The highest BCUT2D eigenvalue weighted by atomic mass is 19.4. The van der Waals surface area contributed by atoms with E-state index in [9.17, 15) is 23.1 Å². The third-order valence-electron chi connectivity index (χ3n) is 6.00. The van der Waals surface area contributed by atoms with Gasteiger partial charge in [0, 0.05) is 28.1 Å². The summed E-state index contributed by atoms with van der Waals surface area (Å²) in [6.45, 7) is 1.28. The molecule has 3 aromatic rings. The van der Waals surface area contributed by atoms with Crippen LogP contribution in [-0.4, -0.2) is 35.0 Å². The van der Waals surface area contributed by atoms with Gasteiger partial charge in [-0.1, -0.05) is 31.2 Å². The van der Waals surface area contributed by atoms with Gasteiger partial charge >= 0.3 is 6.18 Å². The fourth-order valence-corrected chi connectivity index (χ4v) is 4.29. The SMILES string of the molecule is CC1(CC(O)(CNc2cccc3[nH]c(=O)ccc23)C(F)(F)F)CCOc2ccccc21. The Morgan fingerprint density at radius 2 is 1.90 bits per heavy atom. The normalized spacial score (nSPS) is 20.5. The Labute approximate surface area is 176 Å². The van der Waals surface area contributed by atoms with Gasteiger partial charge in [-0.2, -0.15) is 13.2 Å². The largest absolute Gasteiger partial charge is 0.493 e. The molecule has 1 aliphatic heterocycles. The molecule has 31 heavy (non-hydrogen) atoms. The molecule has 0 radical (unpaired) electrons. The first kappa shape index (κ1) is 21.2. The molecular weight excluding hydrogens is 409 g/mol. The molecule has 2 aromatic carbocycles. The van der Waals surface area contributed by atoms with Crippen LogP contribution in [0, 0.1) is 0 Å². The fraction of sp³-hybridized carbons (Fsp3) is 0.348. The molecule has 8 heteroatoms. The van der Waals surface area contributed by atoms with Crippen molar-refractivity contribution in [1.29, 1.82) is 0 Å². The van der Waals surface area contributed by atoms with Crippen molar-refractivity contribution in [2.75, 3.05) is 18.5 Å². The molecule has 2 atom stereocenters. The van der Waals surface area contributed by atoms with Crippen molar-refractivity contribution >= 4 is 16.6 Å². The van der Waals surface area contributed by atoms with Crippen molar-refractivity contribution in [3.05, 3.63) is 70.5 Å². The maximum absolute atomic E-state index is 14.1. The number of nitrogens with one attached hydrogen (secondary N) is 2. The fourth-order valence-electron chi connectivity index (χ4n) is 4.29. The predicted molar refractivity (Wildman–Crippen MR) is 113 cm³/mol. The number of para-hydroxylation sites is 1. The van der Waals surface area contributed by atoms with Gasteiger partial charge in [0.05, 0.1) is 18.7 Å². The highest BCUT2D eigenvalue weighted by Gasteiger charge is 2.57. The van der Waals surface area contributed by atoms with Crippen LogP contribution < -0.4 is 15.6 Å². The monoisotopic (exact) mass is 432 g/mol. The molecular formula is C23H23F3N2O3. The number of rotatable bonds is 5. The average molecular weight is 432 g/mol. The molecule has 2 heterocycles. The molecule has 3 N–H and O–H groups in total. The Balaban J connectivity index is 1.65. The number of hydrogen-bond donors (Lipinski definition) is 3. The van der Waals surface area contributed by atoms with E-state index in [4.69, 9.17) is 4.74 Å². The maximum atomic E-state index is 14.1. The van der Waals surface area contributed by atoms with Gasteiger partial charge in [-0.25, -0.2) is 0 Å². The minimum atomic E-state index is -4.85. The van der Waals surface area contributed by atoms with Crippen LogP contribution in [0.1, 0.15) is 25.3 Å². The van der Waals surface area contributed by atoms with Crippen LogP contribution in [-0.2, 0) is 5.41 Å². The van der Waals surface area contributed by atoms with E-state index in [1.54, 1.807) is 55.5 Å². The van der Waals surface area contributed by atoms with Gasteiger partial charge in [-0.15, -0.1) is 0 Å².